The summed E-state index contributed by atoms with van der Waals surface area (Å²) in [5, 5.41) is 18.8. The van der Waals surface area contributed by atoms with Gasteiger partial charge >= 0.3 is 5.97 Å². The Morgan fingerprint density at radius 3 is 2.74 bits per heavy atom. The maximum atomic E-state index is 12.3. The fraction of sp³-hybridized carbons (Fsp3) is 0.417. The summed E-state index contributed by atoms with van der Waals surface area (Å²) in [5.74, 6) is -1.59. The van der Waals surface area contributed by atoms with E-state index in [2.05, 4.69) is 4.98 Å². The molecule has 2 N–H and O–H groups in total. The number of carbonyl (C=O) groups is 2. The maximum absolute atomic E-state index is 12.3. The Balaban J connectivity index is 2.30. The number of carboxylic acids is 1. The van der Waals surface area contributed by atoms with Crippen molar-refractivity contribution in [1.29, 1.82) is 0 Å². The van der Waals surface area contributed by atoms with Gasteiger partial charge in [0, 0.05) is 24.2 Å². The molecule has 19 heavy (non-hydrogen) atoms. The number of aliphatic hydroxyl groups is 1. The number of carbonyl (C=O) groups excluding carboxylic acids is 1. The van der Waals surface area contributed by atoms with E-state index >= 15 is 0 Å². The standard InChI is InChI=1S/C12H13ClN2O4/c1-6-2-7(3-10(13)14-6)11(17)15-5-8(16)4-9(15)12(18)19/h2-3,8-9,16H,4-5H2,1H3,(H,18,19)/t8-,9-/m1/s1. The molecule has 0 saturated carbocycles. The van der Waals surface area contributed by atoms with E-state index in [9.17, 15) is 14.7 Å². The van der Waals surface area contributed by atoms with Crippen molar-refractivity contribution in [2.45, 2.75) is 25.5 Å². The predicted molar refractivity (Wildman–Crippen MR) is 67.1 cm³/mol. The van der Waals surface area contributed by atoms with Gasteiger partial charge in [0.05, 0.1) is 6.10 Å². The molecule has 7 heteroatoms. The van der Waals surface area contributed by atoms with Gasteiger partial charge in [0.2, 0.25) is 0 Å². The minimum absolute atomic E-state index is 0.00872. The Kier molecular flexibility index (Phi) is 3.73. The van der Waals surface area contributed by atoms with Gasteiger partial charge in [-0.2, -0.15) is 0 Å². The zero-order valence-corrected chi connectivity index (χ0v) is 11.0. The fourth-order valence-corrected chi connectivity index (χ4v) is 2.44. The largest absolute Gasteiger partial charge is 0.480 e. The second-order valence-corrected chi connectivity index (χ2v) is 4.91. The third kappa shape index (κ3) is 2.85. The van der Waals surface area contributed by atoms with Crippen LogP contribution in [0.3, 0.4) is 0 Å². The van der Waals surface area contributed by atoms with Crippen LogP contribution in [-0.2, 0) is 4.79 Å². The van der Waals surface area contributed by atoms with Crippen LogP contribution < -0.4 is 0 Å². The molecule has 0 aliphatic carbocycles. The van der Waals surface area contributed by atoms with Crippen molar-refractivity contribution in [2.24, 2.45) is 0 Å². The topological polar surface area (TPSA) is 90.7 Å². The average Bonchev–Trinajstić information content (AvgIpc) is 2.69. The van der Waals surface area contributed by atoms with Crippen LogP contribution in [-0.4, -0.2) is 50.7 Å². The lowest BCUT2D eigenvalue weighted by molar-refractivity contribution is -0.141. The second kappa shape index (κ2) is 5.14. The minimum atomic E-state index is -1.12. The van der Waals surface area contributed by atoms with Gasteiger partial charge in [0.25, 0.3) is 5.91 Å². The number of nitrogens with zero attached hydrogens (tertiary/aromatic N) is 2. The molecule has 2 heterocycles. The van der Waals surface area contributed by atoms with E-state index in [1.54, 1.807) is 6.92 Å². The highest BCUT2D eigenvalue weighted by atomic mass is 35.5. The first-order valence-corrected chi connectivity index (χ1v) is 6.12. The van der Waals surface area contributed by atoms with Gasteiger partial charge in [0.15, 0.2) is 0 Å². The third-order valence-corrected chi connectivity index (χ3v) is 3.19. The van der Waals surface area contributed by atoms with E-state index in [4.69, 9.17) is 16.7 Å². The molecule has 1 aliphatic rings. The molecule has 0 bridgehead atoms. The Hall–Kier alpha value is -1.66. The summed E-state index contributed by atoms with van der Waals surface area (Å²) in [5.41, 5.74) is 0.848. The van der Waals surface area contributed by atoms with Gasteiger partial charge in [0.1, 0.15) is 11.2 Å². The van der Waals surface area contributed by atoms with Crippen molar-refractivity contribution in [1.82, 2.24) is 9.88 Å². The number of aliphatic hydroxyl groups excluding tert-OH is 1. The van der Waals surface area contributed by atoms with Crippen LogP contribution >= 0.6 is 11.6 Å². The summed E-state index contributed by atoms with van der Waals surface area (Å²) in [4.78, 5) is 28.5. The predicted octanol–water partition coefficient (Wildman–Crippen LogP) is 0.703. The zero-order valence-electron chi connectivity index (χ0n) is 10.2. The van der Waals surface area contributed by atoms with Crippen LogP contribution in [0.2, 0.25) is 5.15 Å². The number of halogens is 1. The van der Waals surface area contributed by atoms with E-state index in [1.807, 2.05) is 0 Å². The first-order chi connectivity index (χ1) is 8.88. The van der Waals surface area contributed by atoms with Crippen LogP contribution in [0.25, 0.3) is 0 Å². The monoisotopic (exact) mass is 284 g/mol. The molecule has 0 unspecified atom stereocenters. The number of aryl methyl sites for hydroxylation is 1. The number of aromatic nitrogens is 1. The van der Waals surface area contributed by atoms with Gasteiger partial charge in [-0.05, 0) is 19.1 Å². The molecule has 0 spiro atoms. The molecule has 1 aromatic rings. The molecule has 1 aliphatic heterocycles. The molecular weight excluding hydrogens is 272 g/mol. The number of β-amino-alcohol motifs (C(OH)–C–C–N with tert-alkyl or cyclic N) is 1. The average molecular weight is 285 g/mol. The van der Waals surface area contributed by atoms with E-state index < -0.39 is 24.0 Å². The van der Waals surface area contributed by atoms with Crippen LogP contribution in [0.1, 0.15) is 22.5 Å². The summed E-state index contributed by atoms with van der Waals surface area (Å²) < 4.78 is 0. The highest BCUT2D eigenvalue weighted by molar-refractivity contribution is 6.29. The molecule has 0 radical (unpaired) electrons. The van der Waals surface area contributed by atoms with Crippen LogP contribution in [0, 0.1) is 6.92 Å². The van der Waals surface area contributed by atoms with E-state index in [-0.39, 0.29) is 23.7 Å². The number of rotatable bonds is 2. The van der Waals surface area contributed by atoms with Crippen molar-refractivity contribution in [3.05, 3.63) is 28.5 Å². The van der Waals surface area contributed by atoms with Gasteiger partial charge in [-0.15, -0.1) is 0 Å². The van der Waals surface area contributed by atoms with Crippen molar-refractivity contribution in [2.75, 3.05) is 6.54 Å². The van der Waals surface area contributed by atoms with Crippen LogP contribution in [0.5, 0.6) is 0 Å². The molecule has 1 fully saturated rings. The molecule has 2 rings (SSSR count). The highest BCUT2D eigenvalue weighted by Gasteiger charge is 2.39. The van der Waals surface area contributed by atoms with Gasteiger partial charge < -0.3 is 15.1 Å². The lowest BCUT2D eigenvalue weighted by atomic mass is 10.1. The minimum Gasteiger partial charge on any atom is -0.480 e. The number of hydrogen-bond donors (Lipinski definition) is 2. The SMILES string of the molecule is Cc1cc(C(=O)N2C[C@H](O)C[C@@H]2C(=O)O)cc(Cl)n1. The number of hydrogen-bond acceptors (Lipinski definition) is 4. The maximum Gasteiger partial charge on any atom is 0.326 e. The second-order valence-electron chi connectivity index (χ2n) is 4.52. The lowest BCUT2D eigenvalue weighted by Crippen LogP contribution is -2.40. The molecule has 6 nitrogen and oxygen atoms in total. The Labute approximate surface area is 114 Å². The normalized spacial score (nSPS) is 22.6. The molecule has 1 aromatic heterocycles. The van der Waals surface area contributed by atoms with Gasteiger partial charge in [-0.3, -0.25) is 4.79 Å². The highest BCUT2D eigenvalue weighted by Crippen LogP contribution is 2.22. The van der Waals surface area contributed by atoms with E-state index in [1.165, 1.54) is 12.1 Å². The van der Waals surface area contributed by atoms with E-state index in [0.29, 0.717) is 5.69 Å². The Morgan fingerprint density at radius 1 is 1.47 bits per heavy atom. The van der Waals surface area contributed by atoms with Crippen LogP contribution in [0.15, 0.2) is 12.1 Å². The summed E-state index contributed by atoms with van der Waals surface area (Å²) >= 11 is 5.78. The van der Waals surface area contributed by atoms with Crippen molar-refractivity contribution in [3.8, 4) is 0 Å². The molecular formula is C12H13ClN2O4. The van der Waals surface area contributed by atoms with Gasteiger partial charge in [-0.25, -0.2) is 9.78 Å². The Morgan fingerprint density at radius 2 is 2.16 bits per heavy atom. The summed E-state index contributed by atoms with van der Waals surface area (Å²) in [6.07, 6.45) is -0.776. The van der Waals surface area contributed by atoms with Gasteiger partial charge in [-0.1, -0.05) is 11.6 Å². The van der Waals surface area contributed by atoms with Crippen molar-refractivity contribution in [3.63, 3.8) is 0 Å². The summed E-state index contributed by atoms with van der Waals surface area (Å²) in [6.45, 7) is 1.70. The number of aliphatic carboxylic acids is 1. The Bertz CT molecular complexity index is 514. The quantitative estimate of drug-likeness (QED) is 0.780. The van der Waals surface area contributed by atoms with Crippen molar-refractivity contribution >= 4 is 23.5 Å². The smallest absolute Gasteiger partial charge is 0.326 e. The third-order valence-electron chi connectivity index (χ3n) is 2.99. The fourth-order valence-electron chi connectivity index (χ4n) is 2.19. The number of amides is 1. The number of likely N-dealkylation sites (tertiary alicyclic amines) is 1. The first-order valence-electron chi connectivity index (χ1n) is 5.74. The zero-order chi connectivity index (χ0) is 14.2. The lowest BCUT2D eigenvalue weighted by Gasteiger charge is -2.21. The molecule has 2 atom stereocenters. The number of pyridine rings is 1. The summed E-state index contributed by atoms with van der Waals surface area (Å²) in [7, 11) is 0. The van der Waals surface area contributed by atoms with Crippen molar-refractivity contribution < 1.29 is 19.8 Å². The first kappa shape index (κ1) is 13.8. The van der Waals surface area contributed by atoms with E-state index in [0.717, 1.165) is 4.90 Å². The molecule has 102 valence electrons. The summed E-state index contributed by atoms with van der Waals surface area (Å²) in [6, 6.07) is 1.92. The number of carboxylic acid groups (broad SMARTS) is 1. The molecule has 0 aromatic carbocycles. The molecule has 1 saturated heterocycles. The van der Waals surface area contributed by atoms with Crippen LogP contribution in [0.4, 0.5) is 0 Å². The molecule has 1 amide bonds.